The van der Waals surface area contributed by atoms with E-state index in [9.17, 15) is 9.59 Å². The maximum Gasteiger partial charge on any atom is 0.252 e. The molecule has 0 unspecified atom stereocenters. The molecule has 1 saturated heterocycles. The summed E-state index contributed by atoms with van der Waals surface area (Å²) < 4.78 is 0.858. The van der Waals surface area contributed by atoms with E-state index >= 15 is 0 Å². The van der Waals surface area contributed by atoms with Gasteiger partial charge in [-0.3, -0.25) is 9.59 Å². The molecule has 5 heteroatoms. The Morgan fingerprint density at radius 3 is 2.68 bits per heavy atom. The summed E-state index contributed by atoms with van der Waals surface area (Å²) in [5.41, 5.74) is 1.01. The maximum absolute atomic E-state index is 12.6. The highest BCUT2D eigenvalue weighted by Gasteiger charge is 2.37. The molecule has 1 aliphatic rings. The Hall–Kier alpha value is -1.36. The average Bonchev–Trinajstić information content (AvgIpc) is 2.41. The van der Waals surface area contributed by atoms with Crippen molar-refractivity contribution in [1.29, 1.82) is 0 Å². The predicted molar refractivity (Wildman–Crippen MR) is 78.1 cm³/mol. The third-order valence-electron chi connectivity index (χ3n) is 3.19. The zero-order chi connectivity index (χ0) is 14.2. The lowest BCUT2D eigenvalue weighted by atomic mass is 10.0. The molecule has 0 aliphatic carbocycles. The fourth-order valence-corrected chi connectivity index (χ4v) is 2.64. The van der Waals surface area contributed by atoms with Crippen LogP contribution in [-0.2, 0) is 9.59 Å². The molecule has 0 bridgehead atoms. The van der Waals surface area contributed by atoms with Gasteiger partial charge in [0.15, 0.2) is 0 Å². The number of nitrogens with one attached hydrogen (secondary N) is 1. The van der Waals surface area contributed by atoms with Gasteiger partial charge in [0.05, 0.1) is 5.69 Å². The second-order valence-corrected chi connectivity index (χ2v) is 6.19. The van der Waals surface area contributed by atoms with E-state index in [0.29, 0.717) is 13.0 Å². The lowest BCUT2D eigenvalue weighted by molar-refractivity contribution is -0.128. The van der Waals surface area contributed by atoms with Gasteiger partial charge in [0.2, 0.25) is 5.91 Å². The highest BCUT2D eigenvalue weighted by molar-refractivity contribution is 9.10. The van der Waals surface area contributed by atoms with Gasteiger partial charge >= 0.3 is 0 Å². The van der Waals surface area contributed by atoms with E-state index in [1.54, 1.807) is 18.7 Å². The van der Waals surface area contributed by atoms with Crippen molar-refractivity contribution in [1.82, 2.24) is 5.32 Å². The first-order chi connectivity index (χ1) is 8.81. The van der Waals surface area contributed by atoms with Gasteiger partial charge < -0.3 is 10.2 Å². The minimum absolute atomic E-state index is 0.0929. The van der Waals surface area contributed by atoms with Crippen molar-refractivity contribution in [3.8, 4) is 0 Å². The molecule has 2 amide bonds. The van der Waals surface area contributed by atoms with Crippen LogP contribution < -0.4 is 10.2 Å². The molecule has 0 radical (unpaired) electrons. The first kappa shape index (κ1) is 14.1. The van der Waals surface area contributed by atoms with E-state index < -0.39 is 5.54 Å². The number of rotatable bonds is 1. The molecule has 4 nitrogen and oxygen atoms in total. The van der Waals surface area contributed by atoms with Crippen LogP contribution in [0.4, 0.5) is 5.69 Å². The molecule has 19 heavy (non-hydrogen) atoms. The number of anilines is 1. The largest absolute Gasteiger partial charge is 0.342 e. The molecule has 1 aliphatic heterocycles. The van der Waals surface area contributed by atoms with E-state index in [-0.39, 0.29) is 11.8 Å². The third-order valence-corrected chi connectivity index (χ3v) is 3.86. The fourth-order valence-electron chi connectivity index (χ4n) is 2.18. The summed E-state index contributed by atoms with van der Waals surface area (Å²) in [6, 6.07) is 5.85. The molecule has 1 fully saturated rings. The van der Waals surface area contributed by atoms with Gasteiger partial charge in [0.25, 0.3) is 5.91 Å². The molecular weight excluding hydrogens is 308 g/mol. The number of hydrogen-bond donors (Lipinski definition) is 1. The minimum atomic E-state index is -0.878. The number of hydrogen-bond acceptors (Lipinski definition) is 2. The third kappa shape index (κ3) is 2.81. The van der Waals surface area contributed by atoms with Crippen molar-refractivity contribution in [2.24, 2.45) is 0 Å². The summed E-state index contributed by atoms with van der Waals surface area (Å²) in [5, 5.41) is 2.76. The lowest BCUT2D eigenvalue weighted by Gasteiger charge is -2.29. The van der Waals surface area contributed by atoms with Crippen LogP contribution in [0.25, 0.3) is 0 Å². The van der Waals surface area contributed by atoms with E-state index in [4.69, 9.17) is 0 Å². The van der Waals surface area contributed by atoms with Gasteiger partial charge in [-0.2, -0.15) is 0 Å². The van der Waals surface area contributed by atoms with Crippen LogP contribution in [0, 0.1) is 6.92 Å². The Morgan fingerprint density at radius 1 is 1.32 bits per heavy atom. The van der Waals surface area contributed by atoms with Gasteiger partial charge in [-0.15, -0.1) is 0 Å². The second-order valence-electron chi connectivity index (χ2n) is 5.33. The molecule has 1 aromatic rings. The van der Waals surface area contributed by atoms with Crippen molar-refractivity contribution >= 4 is 33.4 Å². The number of carbonyl (C=O) groups excluding carboxylic acids is 2. The Labute approximate surface area is 121 Å². The summed E-state index contributed by atoms with van der Waals surface area (Å²) in [6.07, 6.45) is 0.315. The Kier molecular flexibility index (Phi) is 3.67. The van der Waals surface area contributed by atoms with Crippen molar-refractivity contribution in [2.45, 2.75) is 32.7 Å². The minimum Gasteiger partial charge on any atom is -0.342 e. The Balaban J connectivity index is 2.45. The molecule has 2 rings (SSSR count). The number of halogens is 1. The topological polar surface area (TPSA) is 49.4 Å². The van der Waals surface area contributed by atoms with E-state index in [1.165, 1.54) is 0 Å². The molecule has 1 heterocycles. The Morgan fingerprint density at radius 2 is 2.00 bits per heavy atom. The SMILES string of the molecule is Cc1ccc(Br)c(N2CCC(=O)NC(C)(C)C2=O)c1. The quantitative estimate of drug-likeness (QED) is 0.862. The molecular formula is C14H17BrN2O2. The Bertz CT molecular complexity index is 540. The van der Waals surface area contributed by atoms with E-state index in [2.05, 4.69) is 21.2 Å². The summed E-state index contributed by atoms with van der Waals surface area (Å²) in [6.45, 7) is 5.84. The summed E-state index contributed by atoms with van der Waals surface area (Å²) in [5.74, 6) is -0.186. The maximum atomic E-state index is 12.6. The van der Waals surface area contributed by atoms with Gasteiger partial charge in [-0.25, -0.2) is 0 Å². The summed E-state index contributed by atoms with van der Waals surface area (Å²) in [4.78, 5) is 25.9. The van der Waals surface area contributed by atoms with E-state index in [1.807, 2.05) is 25.1 Å². The molecule has 102 valence electrons. The van der Waals surface area contributed by atoms with Crippen molar-refractivity contribution < 1.29 is 9.59 Å². The van der Waals surface area contributed by atoms with Gasteiger partial charge in [0.1, 0.15) is 5.54 Å². The predicted octanol–water partition coefficient (Wildman–Crippen LogP) is 2.39. The van der Waals surface area contributed by atoms with Crippen LogP contribution >= 0.6 is 15.9 Å². The smallest absolute Gasteiger partial charge is 0.252 e. The zero-order valence-corrected chi connectivity index (χ0v) is 12.9. The highest BCUT2D eigenvalue weighted by atomic mass is 79.9. The van der Waals surface area contributed by atoms with Gasteiger partial charge in [-0.05, 0) is 54.4 Å². The molecule has 0 saturated carbocycles. The van der Waals surface area contributed by atoms with Crippen LogP contribution in [-0.4, -0.2) is 23.9 Å². The summed E-state index contributed by atoms with van der Waals surface area (Å²) >= 11 is 3.47. The molecule has 0 atom stereocenters. The number of nitrogens with zero attached hydrogens (tertiary/aromatic N) is 1. The van der Waals surface area contributed by atoms with Crippen molar-refractivity contribution in [3.63, 3.8) is 0 Å². The number of amides is 2. The normalized spacial score (nSPS) is 19.1. The van der Waals surface area contributed by atoms with E-state index in [0.717, 1.165) is 15.7 Å². The van der Waals surface area contributed by atoms with Crippen LogP contribution in [0.5, 0.6) is 0 Å². The average molecular weight is 325 g/mol. The molecule has 1 aromatic carbocycles. The van der Waals surface area contributed by atoms with Crippen LogP contribution in [0.3, 0.4) is 0 Å². The zero-order valence-electron chi connectivity index (χ0n) is 11.3. The fraction of sp³-hybridized carbons (Fsp3) is 0.429. The molecule has 0 spiro atoms. The first-order valence-corrected chi connectivity index (χ1v) is 7.00. The second kappa shape index (κ2) is 4.96. The first-order valence-electron chi connectivity index (χ1n) is 6.20. The van der Waals surface area contributed by atoms with Crippen molar-refractivity contribution in [2.75, 3.05) is 11.4 Å². The number of carbonyl (C=O) groups is 2. The molecule has 1 N–H and O–H groups in total. The van der Waals surface area contributed by atoms with Gasteiger partial charge in [-0.1, -0.05) is 6.07 Å². The number of aryl methyl sites for hydroxylation is 1. The molecule has 0 aromatic heterocycles. The van der Waals surface area contributed by atoms with Crippen LogP contribution in [0.1, 0.15) is 25.8 Å². The summed E-state index contributed by atoms with van der Waals surface area (Å²) in [7, 11) is 0. The lowest BCUT2D eigenvalue weighted by Crippen LogP contribution is -2.53. The van der Waals surface area contributed by atoms with Crippen LogP contribution in [0.15, 0.2) is 22.7 Å². The number of benzene rings is 1. The van der Waals surface area contributed by atoms with Crippen molar-refractivity contribution in [3.05, 3.63) is 28.2 Å². The monoisotopic (exact) mass is 324 g/mol. The van der Waals surface area contributed by atoms with Gasteiger partial charge in [0, 0.05) is 17.4 Å². The van der Waals surface area contributed by atoms with Crippen LogP contribution in [0.2, 0.25) is 0 Å². The standard InChI is InChI=1S/C14H17BrN2O2/c1-9-4-5-10(15)11(8-9)17-7-6-12(18)16-14(2,3)13(17)19/h4-5,8H,6-7H2,1-3H3,(H,16,18). The highest BCUT2D eigenvalue weighted by Crippen LogP contribution is 2.30.